The zero-order chi connectivity index (χ0) is 12.3. The van der Waals surface area contributed by atoms with Crippen LogP contribution in [0.25, 0.3) is 0 Å². The minimum Gasteiger partial charge on any atom is -0.324 e. The molecule has 1 unspecified atom stereocenters. The van der Waals surface area contributed by atoms with Gasteiger partial charge >= 0.3 is 0 Å². The predicted octanol–water partition coefficient (Wildman–Crippen LogP) is 3.03. The summed E-state index contributed by atoms with van der Waals surface area (Å²) in [7, 11) is 0. The molecule has 1 aromatic carbocycles. The number of hydrogen-bond donors (Lipinski definition) is 1. The first-order valence-electron chi connectivity index (χ1n) is 5.11. The van der Waals surface area contributed by atoms with E-state index in [1.165, 1.54) is 6.33 Å². The number of nitrogens with zero attached hydrogens (tertiary/aromatic N) is 2. The molecule has 88 valence electrons. The van der Waals surface area contributed by atoms with Gasteiger partial charge in [0.2, 0.25) is 0 Å². The molecule has 2 aromatic rings. The number of nitrogens with two attached hydrogens (primary N) is 1. The second-order valence-corrected chi connectivity index (χ2v) is 4.56. The average molecular weight is 268 g/mol. The Morgan fingerprint density at radius 1 is 1.18 bits per heavy atom. The first-order chi connectivity index (χ1) is 8.16. The Morgan fingerprint density at radius 3 is 2.53 bits per heavy atom. The summed E-state index contributed by atoms with van der Waals surface area (Å²) < 4.78 is 0. The van der Waals surface area contributed by atoms with Crippen LogP contribution in [-0.2, 0) is 6.42 Å². The Bertz CT molecular complexity index is 502. The minimum atomic E-state index is -0.171. The number of rotatable bonds is 3. The smallest absolute Gasteiger partial charge is 0.115 e. The van der Waals surface area contributed by atoms with Gasteiger partial charge in [0.15, 0.2) is 0 Å². The van der Waals surface area contributed by atoms with Crippen molar-refractivity contribution < 1.29 is 0 Å². The fraction of sp³-hybridized carbons (Fsp3) is 0.167. The molecule has 0 saturated heterocycles. The third kappa shape index (κ3) is 3.16. The summed E-state index contributed by atoms with van der Waals surface area (Å²) in [4.78, 5) is 7.88. The van der Waals surface area contributed by atoms with Crippen LogP contribution in [0.3, 0.4) is 0 Å². The lowest BCUT2D eigenvalue weighted by molar-refractivity contribution is 0.713. The maximum atomic E-state index is 6.09. The van der Waals surface area contributed by atoms with Crippen LogP contribution in [0, 0.1) is 0 Å². The summed E-state index contributed by atoms with van der Waals surface area (Å²) in [5.74, 6) is 0. The van der Waals surface area contributed by atoms with Gasteiger partial charge in [-0.3, -0.25) is 0 Å². The van der Waals surface area contributed by atoms with Crippen LogP contribution in [-0.4, -0.2) is 9.97 Å². The molecule has 0 aliphatic carbocycles. The van der Waals surface area contributed by atoms with E-state index in [2.05, 4.69) is 9.97 Å². The molecule has 1 heterocycles. The van der Waals surface area contributed by atoms with E-state index in [0.717, 1.165) is 11.1 Å². The highest BCUT2D eigenvalue weighted by Gasteiger charge is 2.10. The highest BCUT2D eigenvalue weighted by atomic mass is 35.5. The van der Waals surface area contributed by atoms with Gasteiger partial charge in [0.05, 0.1) is 0 Å². The highest BCUT2D eigenvalue weighted by Crippen LogP contribution is 2.24. The van der Waals surface area contributed by atoms with Crippen molar-refractivity contribution in [3.8, 4) is 0 Å². The van der Waals surface area contributed by atoms with Crippen molar-refractivity contribution >= 4 is 23.2 Å². The minimum absolute atomic E-state index is 0.171. The first kappa shape index (κ1) is 12.3. The maximum absolute atomic E-state index is 6.09. The molecule has 2 N–H and O–H groups in total. The van der Waals surface area contributed by atoms with Crippen LogP contribution in [0.5, 0.6) is 0 Å². The highest BCUT2D eigenvalue weighted by molar-refractivity contribution is 6.35. The van der Waals surface area contributed by atoms with Gasteiger partial charge in [-0.05, 0) is 24.1 Å². The van der Waals surface area contributed by atoms with Crippen molar-refractivity contribution in [1.82, 2.24) is 9.97 Å². The molecule has 1 atom stereocenters. The van der Waals surface area contributed by atoms with Gasteiger partial charge in [-0.2, -0.15) is 0 Å². The van der Waals surface area contributed by atoms with Crippen molar-refractivity contribution in [3.05, 3.63) is 58.1 Å². The SMILES string of the molecule is NC(Cc1ccc(Cl)cc1Cl)c1cncnc1. The molecule has 5 heteroatoms. The third-order valence-electron chi connectivity index (χ3n) is 2.46. The van der Waals surface area contributed by atoms with Crippen molar-refractivity contribution in [2.45, 2.75) is 12.5 Å². The number of aromatic nitrogens is 2. The number of benzene rings is 1. The predicted molar refractivity (Wildman–Crippen MR) is 69.1 cm³/mol. The Balaban J connectivity index is 2.16. The molecule has 0 aliphatic rings. The third-order valence-corrected chi connectivity index (χ3v) is 3.05. The molecule has 0 bridgehead atoms. The fourth-order valence-corrected chi connectivity index (χ4v) is 2.03. The molecule has 0 aliphatic heterocycles. The fourth-order valence-electron chi connectivity index (χ4n) is 1.54. The van der Waals surface area contributed by atoms with Gasteiger partial charge in [0, 0.05) is 34.0 Å². The normalized spacial score (nSPS) is 12.4. The molecule has 17 heavy (non-hydrogen) atoms. The van der Waals surface area contributed by atoms with E-state index in [-0.39, 0.29) is 6.04 Å². The zero-order valence-corrected chi connectivity index (χ0v) is 10.5. The van der Waals surface area contributed by atoms with Gasteiger partial charge < -0.3 is 5.73 Å². The first-order valence-corrected chi connectivity index (χ1v) is 5.87. The quantitative estimate of drug-likeness (QED) is 0.930. The molecule has 2 rings (SSSR count). The lowest BCUT2D eigenvalue weighted by atomic mass is 10.0. The summed E-state index contributed by atoms with van der Waals surface area (Å²) >= 11 is 11.9. The van der Waals surface area contributed by atoms with Crippen LogP contribution in [0.4, 0.5) is 0 Å². The van der Waals surface area contributed by atoms with Crippen molar-refractivity contribution in [3.63, 3.8) is 0 Å². The second-order valence-electron chi connectivity index (χ2n) is 3.72. The standard InChI is InChI=1S/C12H11Cl2N3/c13-10-2-1-8(11(14)4-10)3-12(15)9-5-16-7-17-6-9/h1-2,4-7,12H,3,15H2. The molecule has 0 spiro atoms. The van der Waals surface area contributed by atoms with Crippen molar-refractivity contribution in [2.75, 3.05) is 0 Å². The molecule has 0 saturated carbocycles. The monoisotopic (exact) mass is 267 g/mol. The van der Waals surface area contributed by atoms with Crippen LogP contribution in [0.15, 0.2) is 36.9 Å². The van der Waals surface area contributed by atoms with E-state index in [9.17, 15) is 0 Å². The van der Waals surface area contributed by atoms with E-state index in [1.54, 1.807) is 24.5 Å². The van der Waals surface area contributed by atoms with Crippen LogP contribution < -0.4 is 5.73 Å². The number of halogens is 2. The van der Waals surface area contributed by atoms with Gasteiger partial charge in [-0.15, -0.1) is 0 Å². The van der Waals surface area contributed by atoms with E-state index in [0.29, 0.717) is 16.5 Å². The molecule has 3 nitrogen and oxygen atoms in total. The van der Waals surface area contributed by atoms with Crippen LogP contribution >= 0.6 is 23.2 Å². The zero-order valence-electron chi connectivity index (χ0n) is 8.98. The lowest BCUT2D eigenvalue weighted by Crippen LogP contribution is -2.14. The summed E-state index contributed by atoms with van der Waals surface area (Å²) in [6.07, 6.45) is 5.53. The molecule has 1 aromatic heterocycles. The van der Waals surface area contributed by atoms with E-state index >= 15 is 0 Å². The molecular formula is C12H11Cl2N3. The summed E-state index contributed by atoms with van der Waals surface area (Å²) in [6.45, 7) is 0. The van der Waals surface area contributed by atoms with E-state index < -0.39 is 0 Å². The summed E-state index contributed by atoms with van der Waals surface area (Å²) in [5.41, 5.74) is 7.92. The van der Waals surface area contributed by atoms with Crippen LogP contribution in [0.1, 0.15) is 17.2 Å². The Labute approximate surface area is 110 Å². The second kappa shape index (κ2) is 5.45. The summed E-state index contributed by atoms with van der Waals surface area (Å²) in [6, 6.07) is 5.23. The van der Waals surface area contributed by atoms with Crippen molar-refractivity contribution in [2.24, 2.45) is 5.73 Å². The number of hydrogen-bond acceptors (Lipinski definition) is 3. The molecule has 0 radical (unpaired) electrons. The van der Waals surface area contributed by atoms with Gasteiger partial charge in [0.25, 0.3) is 0 Å². The molecular weight excluding hydrogens is 257 g/mol. The Kier molecular flexibility index (Phi) is 3.94. The maximum Gasteiger partial charge on any atom is 0.115 e. The van der Waals surface area contributed by atoms with Gasteiger partial charge in [-0.1, -0.05) is 29.3 Å². The molecule has 0 fully saturated rings. The van der Waals surface area contributed by atoms with Crippen molar-refractivity contribution in [1.29, 1.82) is 0 Å². The topological polar surface area (TPSA) is 51.8 Å². The van der Waals surface area contributed by atoms with Gasteiger partial charge in [0.1, 0.15) is 6.33 Å². The van der Waals surface area contributed by atoms with Crippen LogP contribution in [0.2, 0.25) is 10.0 Å². The molecule has 0 amide bonds. The largest absolute Gasteiger partial charge is 0.324 e. The van der Waals surface area contributed by atoms with Gasteiger partial charge in [-0.25, -0.2) is 9.97 Å². The Hall–Kier alpha value is -1.16. The summed E-state index contributed by atoms with van der Waals surface area (Å²) in [5, 5.41) is 1.25. The lowest BCUT2D eigenvalue weighted by Gasteiger charge is -2.12. The van der Waals surface area contributed by atoms with E-state index in [1.807, 2.05) is 6.07 Å². The average Bonchev–Trinajstić information content (AvgIpc) is 2.34. The van der Waals surface area contributed by atoms with E-state index in [4.69, 9.17) is 28.9 Å². The Morgan fingerprint density at radius 2 is 1.88 bits per heavy atom.